The van der Waals surface area contributed by atoms with Crippen LogP contribution in [0.1, 0.15) is 48.5 Å². The molecule has 0 bridgehead atoms. The van der Waals surface area contributed by atoms with Crippen LogP contribution in [0, 0.1) is 0 Å². The summed E-state index contributed by atoms with van der Waals surface area (Å²) >= 11 is 0. The normalized spacial score (nSPS) is 15.5. The zero-order valence-corrected chi connectivity index (χ0v) is 21.6. The molecule has 5 N–H and O–H groups in total. The number of carboxylic acid groups (broad SMARTS) is 2. The van der Waals surface area contributed by atoms with Crippen LogP contribution in [0.25, 0.3) is 22.3 Å². The number of likely N-dealkylation sites (tertiary alicyclic amines) is 1. The van der Waals surface area contributed by atoms with Gasteiger partial charge in [0.15, 0.2) is 12.2 Å². The monoisotopic (exact) mass is 543 g/mol. The van der Waals surface area contributed by atoms with Gasteiger partial charge in [-0.05, 0) is 45.0 Å². The van der Waals surface area contributed by atoms with Gasteiger partial charge >= 0.3 is 17.9 Å². The number of carboxylic acids is 2. The van der Waals surface area contributed by atoms with Crippen LogP contribution in [0.3, 0.4) is 0 Å². The molecule has 4 rings (SSSR count). The van der Waals surface area contributed by atoms with Gasteiger partial charge in [-0.25, -0.2) is 14.4 Å². The fraction of sp³-hybridized carbons (Fsp3) is 0.393. The van der Waals surface area contributed by atoms with E-state index in [0.29, 0.717) is 28.8 Å². The minimum absolute atomic E-state index is 0.188. The number of aliphatic carboxylic acids is 2. The molecular weight excluding hydrogens is 510 g/mol. The van der Waals surface area contributed by atoms with E-state index >= 15 is 0 Å². The number of phenols is 1. The van der Waals surface area contributed by atoms with Crippen LogP contribution in [0.15, 0.2) is 46.9 Å². The highest BCUT2D eigenvalue weighted by Crippen LogP contribution is 2.39. The molecule has 0 radical (unpaired) electrons. The maximum absolute atomic E-state index is 12.9. The Balaban J connectivity index is 0.000000360. The van der Waals surface area contributed by atoms with Gasteiger partial charge in [-0.2, -0.15) is 0 Å². The maximum Gasteiger partial charge on any atom is 0.342 e. The number of ether oxygens (including phenoxy) is 1. The number of aromatic hydroxyl groups is 1. The zero-order valence-electron chi connectivity index (χ0n) is 21.6. The van der Waals surface area contributed by atoms with Crippen LogP contribution in [-0.4, -0.2) is 80.2 Å². The summed E-state index contributed by atoms with van der Waals surface area (Å²) in [7, 11) is 0. The van der Waals surface area contributed by atoms with Gasteiger partial charge in [-0.1, -0.05) is 43.2 Å². The SMILES string of the molecule is CCOC(=O)c1c(-c2ccccc2)oc2ccc(O)c(CN3CCCCCC3)c12.O=C(O)C(O)C(O)C(=O)O. The van der Waals surface area contributed by atoms with E-state index in [9.17, 15) is 19.5 Å². The van der Waals surface area contributed by atoms with Gasteiger partial charge in [0, 0.05) is 23.1 Å². The molecule has 1 aromatic heterocycles. The summed E-state index contributed by atoms with van der Waals surface area (Å²) in [6.45, 7) is 4.64. The first-order chi connectivity index (χ1) is 18.6. The molecule has 210 valence electrons. The van der Waals surface area contributed by atoms with Crippen LogP contribution < -0.4 is 0 Å². The van der Waals surface area contributed by atoms with E-state index in [1.165, 1.54) is 12.8 Å². The maximum atomic E-state index is 12.9. The molecule has 2 aromatic carbocycles. The molecule has 0 aliphatic carbocycles. The van der Waals surface area contributed by atoms with Crippen molar-refractivity contribution in [3.05, 3.63) is 53.6 Å². The van der Waals surface area contributed by atoms with Crippen LogP contribution in [-0.2, 0) is 20.9 Å². The zero-order chi connectivity index (χ0) is 28.5. The first kappa shape index (κ1) is 29.6. The Morgan fingerprint density at radius 3 is 2.05 bits per heavy atom. The van der Waals surface area contributed by atoms with Crippen molar-refractivity contribution in [1.82, 2.24) is 4.90 Å². The molecule has 2 unspecified atom stereocenters. The van der Waals surface area contributed by atoms with Crippen molar-refractivity contribution in [3.8, 4) is 17.1 Å². The Labute approximate surface area is 224 Å². The molecule has 1 aliphatic heterocycles. The van der Waals surface area contributed by atoms with E-state index in [-0.39, 0.29) is 12.4 Å². The Kier molecular flexibility index (Phi) is 10.4. The fourth-order valence-electron chi connectivity index (χ4n) is 4.39. The van der Waals surface area contributed by atoms with Crippen molar-refractivity contribution < 1.29 is 49.1 Å². The molecule has 0 saturated carbocycles. The van der Waals surface area contributed by atoms with E-state index in [0.717, 1.165) is 37.1 Å². The van der Waals surface area contributed by atoms with Gasteiger partial charge in [0.2, 0.25) is 0 Å². The van der Waals surface area contributed by atoms with Crippen LogP contribution in [0.4, 0.5) is 0 Å². The minimum atomic E-state index is -2.27. The standard InChI is InChI=1S/C24H27NO4.C4H6O6/c1-2-28-24(27)22-21-18(16-25-14-8-3-4-9-15-25)19(26)12-13-20(21)29-23(22)17-10-6-5-7-11-17;5-1(3(7)8)2(6)4(9)10/h5-7,10-13,26H,2-4,8-9,14-16H2,1H3;1-2,5-6H,(H,7,8)(H,9,10). The van der Waals surface area contributed by atoms with Gasteiger partial charge in [0.05, 0.1) is 6.61 Å². The van der Waals surface area contributed by atoms with E-state index in [4.69, 9.17) is 29.6 Å². The lowest BCUT2D eigenvalue weighted by Crippen LogP contribution is -2.39. The van der Waals surface area contributed by atoms with E-state index in [1.54, 1.807) is 19.1 Å². The third-order valence-corrected chi connectivity index (χ3v) is 6.34. The number of fused-ring (bicyclic) bond motifs is 1. The molecule has 2 atom stereocenters. The summed E-state index contributed by atoms with van der Waals surface area (Å²) in [5.74, 6) is -3.29. The van der Waals surface area contributed by atoms with E-state index in [2.05, 4.69) is 4.90 Å². The van der Waals surface area contributed by atoms with Gasteiger partial charge in [0.1, 0.15) is 22.7 Å². The lowest BCUT2D eigenvalue weighted by Gasteiger charge is -2.21. The van der Waals surface area contributed by atoms with Crippen molar-refractivity contribution in [1.29, 1.82) is 0 Å². The third kappa shape index (κ3) is 7.34. The summed E-state index contributed by atoms with van der Waals surface area (Å²) in [4.78, 5) is 34.8. The number of furan rings is 1. The predicted octanol–water partition coefficient (Wildman–Crippen LogP) is 3.24. The van der Waals surface area contributed by atoms with Crippen molar-refractivity contribution in [2.45, 2.75) is 51.4 Å². The number of phenolic OH excluding ortho intramolecular Hbond substituents is 1. The third-order valence-electron chi connectivity index (χ3n) is 6.34. The highest BCUT2D eigenvalue weighted by molar-refractivity contribution is 6.10. The second-order valence-corrected chi connectivity index (χ2v) is 9.09. The average Bonchev–Trinajstić information content (AvgIpc) is 3.12. The number of nitrogens with zero attached hydrogens (tertiary/aromatic N) is 1. The number of aliphatic hydroxyl groups is 2. The largest absolute Gasteiger partial charge is 0.508 e. The molecule has 11 nitrogen and oxygen atoms in total. The number of hydrogen-bond acceptors (Lipinski definition) is 9. The second-order valence-electron chi connectivity index (χ2n) is 9.09. The molecule has 0 amide bonds. The molecular formula is C28H33NO10. The lowest BCUT2D eigenvalue weighted by atomic mass is 10.0. The van der Waals surface area contributed by atoms with Crippen LogP contribution in [0.2, 0.25) is 0 Å². The van der Waals surface area contributed by atoms with Gasteiger partial charge in [-0.3, -0.25) is 4.90 Å². The number of rotatable bonds is 8. The highest BCUT2D eigenvalue weighted by atomic mass is 16.5. The van der Waals surface area contributed by atoms with Gasteiger partial charge in [0.25, 0.3) is 0 Å². The van der Waals surface area contributed by atoms with Crippen molar-refractivity contribution in [3.63, 3.8) is 0 Å². The second kappa shape index (κ2) is 13.7. The first-order valence-electron chi connectivity index (χ1n) is 12.7. The minimum Gasteiger partial charge on any atom is -0.508 e. The van der Waals surface area contributed by atoms with Crippen molar-refractivity contribution >= 4 is 28.9 Å². The topological polar surface area (TPSA) is 178 Å². The quantitative estimate of drug-likeness (QED) is 0.263. The summed E-state index contributed by atoms with van der Waals surface area (Å²) in [5.41, 5.74) is 2.54. The number of benzene rings is 2. The number of carbonyl (C=O) groups excluding carboxylic acids is 1. The van der Waals surface area contributed by atoms with E-state index < -0.39 is 30.1 Å². The first-order valence-corrected chi connectivity index (χ1v) is 12.7. The fourth-order valence-corrected chi connectivity index (χ4v) is 4.39. The van der Waals surface area contributed by atoms with Crippen molar-refractivity contribution in [2.24, 2.45) is 0 Å². The summed E-state index contributed by atoms with van der Waals surface area (Å²) < 4.78 is 11.5. The molecule has 3 aromatic rings. The Bertz CT molecular complexity index is 1260. The predicted molar refractivity (Wildman–Crippen MR) is 140 cm³/mol. The van der Waals surface area contributed by atoms with Crippen LogP contribution >= 0.6 is 0 Å². The molecule has 1 aliphatic rings. The van der Waals surface area contributed by atoms with Crippen LogP contribution in [0.5, 0.6) is 5.75 Å². The summed E-state index contributed by atoms with van der Waals surface area (Å²) in [5, 5.41) is 43.9. The Hall–Kier alpha value is -3.93. The lowest BCUT2D eigenvalue weighted by molar-refractivity contribution is -0.165. The van der Waals surface area contributed by atoms with E-state index in [1.807, 2.05) is 30.3 Å². The summed E-state index contributed by atoms with van der Waals surface area (Å²) in [6, 6.07) is 12.9. The molecule has 1 fully saturated rings. The molecule has 0 spiro atoms. The Morgan fingerprint density at radius 1 is 0.923 bits per heavy atom. The van der Waals surface area contributed by atoms with Gasteiger partial charge in [-0.15, -0.1) is 0 Å². The highest BCUT2D eigenvalue weighted by Gasteiger charge is 2.29. The molecule has 2 heterocycles. The molecule has 39 heavy (non-hydrogen) atoms. The Morgan fingerprint density at radius 2 is 1.51 bits per heavy atom. The number of esters is 1. The number of hydrogen-bond donors (Lipinski definition) is 5. The average molecular weight is 544 g/mol. The molecule has 1 saturated heterocycles. The molecule has 11 heteroatoms. The smallest absolute Gasteiger partial charge is 0.342 e. The van der Waals surface area contributed by atoms with Crippen molar-refractivity contribution in [2.75, 3.05) is 19.7 Å². The summed E-state index contributed by atoms with van der Waals surface area (Å²) in [6.07, 6.45) is 0.259. The number of aliphatic hydroxyl groups excluding tert-OH is 2. The number of carbonyl (C=O) groups is 3. The van der Waals surface area contributed by atoms with Gasteiger partial charge < -0.3 is 34.7 Å².